The zero-order chi connectivity index (χ0) is 24.3. The molecular weight excluding hydrogens is 466 g/mol. The normalized spacial score (nSPS) is 13.3. The molecular formula is C31H26O2P2. The van der Waals surface area contributed by atoms with Gasteiger partial charge in [0.25, 0.3) is 0 Å². The molecule has 0 radical (unpaired) electrons. The van der Waals surface area contributed by atoms with E-state index >= 15 is 4.57 Å². The van der Waals surface area contributed by atoms with E-state index in [-0.39, 0.29) is 0 Å². The van der Waals surface area contributed by atoms with E-state index in [0.717, 1.165) is 37.3 Å². The number of hydrogen-bond donors (Lipinski definition) is 0. The predicted octanol–water partition coefficient (Wildman–Crippen LogP) is 5.98. The maximum Gasteiger partial charge on any atom is 0.171 e. The number of allylic oxidation sites excluding steroid dienone is 1. The number of fused-ring (bicyclic) bond motifs is 1. The molecule has 0 aliphatic rings. The summed E-state index contributed by atoms with van der Waals surface area (Å²) in [5.74, 6) is 0. The van der Waals surface area contributed by atoms with Crippen molar-refractivity contribution in [2.45, 2.75) is 0 Å². The Morgan fingerprint density at radius 1 is 0.514 bits per heavy atom. The highest BCUT2D eigenvalue weighted by Gasteiger charge is 2.34. The average Bonchev–Trinajstić information content (AvgIpc) is 2.93. The minimum absolute atomic E-state index is 0.357. The third-order valence-corrected chi connectivity index (χ3v) is 12.6. The van der Waals surface area contributed by atoms with Gasteiger partial charge in [-0.2, -0.15) is 0 Å². The Bertz CT molecular complexity index is 1530. The first-order valence-electron chi connectivity index (χ1n) is 11.6. The van der Waals surface area contributed by atoms with Gasteiger partial charge in [0.15, 0.2) is 7.14 Å². The Morgan fingerprint density at radius 2 is 0.914 bits per heavy atom. The lowest BCUT2D eigenvalue weighted by Crippen LogP contribution is -2.27. The SMILES string of the molecule is C=CCP(=O)(c1ccccc1)c1ccc(P(=O)(c2ccccc2)c2ccccc2)c2ccccc12. The van der Waals surface area contributed by atoms with Gasteiger partial charge in [0.1, 0.15) is 7.14 Å². The van der Waals surface area contributed by atoms with Crippen molar-refractivity contribution in [1.29, 1.82) is 0 Å². The second-order valence-corrected chi connectivity index (χ2v) is 14.1. The number of hydrogen-bond acceptors (Lipinski definition) is 2. The fraction of sp³-hybridized carbons (Fsp3) is 0.0323. The van der Waals surface area contributed by atoms with Crippen LogP contribution in [0.15, 0.2) is 140 Å². The van der Waals surface area contributed by atoms with Gasteiger partial charge in [-0.15, -0.1) is 6.58 Å². The van der Waals surface area contributed by atoms with Crippen molar-refractivity contribution < 1.29 is 9.13 Å². The first-order chi connectivity index (χ1) is 17.1. The third kappa shape index (κ3) is 4.04. The van der Waals surface area contributed by atoms with Crippen molar-refractivity contribution in [2.75, 3.05) is 6.16 Å². The van der Waals surface area contributed by atoms with Crippen LogP contribution < -0.4 is 26.5 Å². The van der Waals surface area contributed by atoms with Crippen LogP contribution in [-0.4, -0.2) is 6.16 Å². The lowest BCUT2D eigenvalue weighted by Gasteiger charge is -2.25. The number of rotatable bonds is 7. The topological polar surface area (TPSA) is 34.1 Å². The molecule has 2 nitrogen and oxygen atoms in total. The predicted molar refractivity (Wildman–Crippen MR) is 152 cm³/mol. The van der Waals surface area contributed by atoms with Gasteiger partial charge >= 0.3 is 0 Å². The van der Waals surface area contributed by atoms with Crippen LogP contribution in [0.25, 0.3) is 10.8 Å². The van der Waals surface area contributed by atoms with Gasteiger partial charge in [0.05, 0.1) is 0 Å². The van der Waals surface area contributed by atoms with Crippen LogP contribution in [0, 0.1) is 0 Å². The molecule has 0 saturated carbocycles. The summed E-state index contributed by atoms with van der Waals surface area (Å²) in [5.41, 5.74) is 0. The molecule has 1 atom stereocenters. The molecule has 0 heterocycles. The van der Waals surface area contributed by atoms with Crippen molar-refractivity contribution in [3.8, 4) is 0 Å². The molecule has 1 unspecified atom stereocenters. The van der Waals surface area contributed by atoms with Crippen LogP contribution in [0.4, 0.5) is 0 Å². The first-order valence-corrected chi connectivity index (χ1v) is 15.2. The van der Waals surface area contributed by atoms with E-state index in [1.165, 1.54) is 0 Å². The Balaban J connectivity index is 1.83. The van der Waals surface area contributed by atoms with Gasteiger partial charge in [-0.3, -0.25) is 0 Å². The number of benzene rings is 5. The molecule has 0 bridgehead atoms. The minimum Gasteiger partial charge on any atom is -0.313 e. The van der Waals surface area contributed by atoms with Crippen LogP contribution >= 0.6 is 14.3 Å². The molecule has 172 valence electrons. The Morgan fingerprint density at radius 3 is 1.40 bits per heavy atom. The molecule has 0 saturated heterocycles. The maximum atomic E-state index is 15.1. The van der Waals surface area contributed by atoms with Crippen LogP contribution in [0.3, 0.4) is 0 Å². The fourth-order valence-corrected chi connectivity index (χ4v) is 10.2. The summed E-state index contributed by atoms with van der Waals surface area (Å²) in [5, 5.41) is 5.62. The van der Waals surface area contributed by atoms with Crippen LogP contribution in [0.2, 0.25) is 0 Å². The van der Waals surface area contributed by atoms with Gasteiger partial charge in [0, 0.05) is 32.7 Å². The first kappa shape index (κ1) is 23.3. The lowest BCUT2D eigenvalue weighted by molar-refractivity contribution is 0.588. The molecule has 5 rings (SSSR count). The average molecular weight is 492 g/mol. The lowest BCUT2D eigenvalue weighted by atomic mass is 10.1. The van der Waals surface area contributed by atoms with E-state index in [1.807, 2.05) is 127 Å². The Hall–Kier alpha value is -3.44. The quantitative estimate of drug-likeness (QED) is 0.207. The summed E-state index contributed by atoms with van der Waals surface area (Å²) in [4.78, 5) is 0. The van der Waals surface area contributed by atoms with E-state index in [2.05, 4.69) is 6.58 Å². The summed E-state index contributed by atoms with van der Waals surface area (Å²) in [7, 11) is -6.18. The second-order valence-electron chi connectivity index (χ2n) is 8.48. The zero-order valence-electron chi connectivity index (χ0n) is 19.3. The zero-order valence-corrected chi connectivity index (χ0v) is 21.1. The van der Waals surface area contributed by atoms with Crippen LogP contribution in [0.5, 0.6) is 0 Å². The minimum atomic E-state index is -3.19. The van der Waals surface area contributed by atoms with Crippen LogP contribution in [0.1, 0.15) is 0 Å². The smallest absolute Gasteiger partial charge is 0.171 e. The standard InChI is InChI=1S/C31H26O2P2/c1-2-24-34(32,25-14-6-3-7-15-25)30-22-23-31(29-21-13-12-20-28(29)30)35(33,26-16-8-4-9-17-26)27-18-10-5-11-19-27/h2-23H,1,24H2. The van der Waals surface area contributed by atoms with Gasteiger partial charge in [-0.25, -0.2) is 0 Å². The highest BCUT2D eigenvalue weighted by Crippen LogP contribution is 2.48. The van der Waals surface area contributed by atoms with Crippen molar-refractivity contribution in [3.05, 3.63) is 140 Å². The molecule has 5 aromatic rings. The Labute approximate surface area is 206 Å². The van der Waals surface area contributed by atoms with Gasteiger partial charge in [-0.1, -0.05) is 121 Å². The van der Waals surface area contributed by atoms with Gasteiger partial charge in [0.2, 0.25) is 0 Å². The maximum absolute atomic E-state index is 15.1. The van der Waals surface area contributed by atoms with Crippen molar-refractivity contribution in [2.24, 2.45) is 0 Å². The van der Waals surface area contributed by atoms with Crippen molar-refractivity contribution in [3.63, 3.8) is 0 Å². The Kier molecular flexibility index (Phi) is 6.44. The molecule has 0 amide bonds. The molecule has 0 aliphatic carbocycles. The molecule has 4 heteroatoms. The molecule has 0 N–H and O–H groups in total. The molecule has 0 spiro atoms. The highest BCUT2D eigenvalue weighted by atomic mass is 31.2. The molecule has 0 aromatic heterocycles. The highest BCUT2D eigenvalue weighted by molar-refractivity contribution is 7.85. The summed E-state index contributed by atoms with van der Waals surface area (Å²) >= 11 is 0. The second kappa shape index (κ2) is 9.67. The summed E-state index contributed by atoms with van der Waals surface area (Å²) < 4.78 is 29.7. The van der Waals surface area contributed by atoms with E-state index in [0.29, 0.717) is 6.16 Å². The van der Waals surface area contributed by atoms with Gasteiger partial charge in [-0.05, 0) is 22.9 Å². The van der Waals surface area contributed by atoms with E-state index < -0.39 is 14.3 Å². The third-order valence-electron chi connectivity index (χ3n) is 6.41. The van der Waals surface area contributed by atoms with Crippen LogP contribution in [-0.2, 0) is 9.13 Å². The molecule has 0 aliphatic heterocycles. The molecule has 0 fully saturated rings. The van der Waals surface area contributed by atoms with Gasteiger partial charge < -0.3 is 9.13 Å². The largest absolute Gasteiger partial charge is 0.313 e. The summed E-state index contributed by atoms with van der Waals surface area (Å²) in [6.07, 6.45) is 2.09. The van der Waals surface area contributed by atoms with E-state index in [4.69, 9.17) is 0 Å². The van der Waals surface area contributed by atoms with Crippen molar-refractivity contribution in [1.82, 2.24) is 0 Å². The molecule has 5 aromatic carbocycles. The van der Waals surface area contributed by atoms with E-state index in [1.54, 1.807) is 6.08 Å². The summed E-state index contributed by atoms with van der Waals surface area (Å²) in [6, 6.07) is 40.7. The fourth-order valence-electron chi connectivity index (χ4n) is 4.75. The summed E-state index contributed by atoms with van der Waals surface area (Å²) in [6.45, 7) is 3.90. The molecule has 35 heavy (non-hydrogen) atoms. The monoisotopic (exact) mass is 492 g/mol. The van der Waals surface area contributed by atoms with E-state index in [9.17, 15) is 4.57 Å². The van der Waals surface area contributed by atoms with Crippen molar-refractivity contribution >= 4 is 51.6 Å².